The maximum Gasteiger partial charge on any atom is 0.130 e. The van der Waals surface area contributed by atoms with Gasteiger partial charge in [0, 0.05) is 6.42 Å². The Morgan fingerprint density at radius 1 is 1.53 bits per heavy atom. The standard InChI is InChI=1S/C16H28O/c1-6-8-14-9-7-10-16(4,5)15(14)12(2)11-13(3)17/h8,12,15H,6-7,9-11H2,1-5H3. The molecule has 2 unspecified atom stereocenters. The summed E-state index contributed by atoms with van der Waals surface area (Å²) < 4.78 is 0. The quantitative estimate of drug-likeness (QED) is 0.643. The summed E-state index contributed by atoms with van der Waals surface area (Å²) in [7, 11) is 0. The topological polar surface area (TPSA) is 17.1 Å². The van der Waals surface area contributed by atoms with Crippen LogP contribution in [-0.2, 0) is 4.79 Å². The maximum absolute atomic E-state index is 11.4. The van der Waals surface area contributed by atoms with E-state index < -0.39 is 0 Å². The SMILES string of the molecule is CCC=C1CCCC(C)(C)C1C(C)CC(C)=O. The Labute approximate surface area is 107 Å². The predicted molar refractivity (Wildman–Crippen MR) is 74.0 cm³/mol. The molecule has 1 saturated carbocycles. The van der Waals surface area contributed by atoms with Crippen LogP contribution in [0.3, 0.4) is 0 Å². The van der Waals surface area contributed by atoms with E-state index in [0.29, 0.717) is 23.0 Å². The van der Waals surface area contributed by atoms with E-state index in [0.717, 1.165) is 12.8 Å². The minimum absolute atomic E-state index is 0.328. The average Bonchev–Trinajstić information content (AvgIpc) is 2.15. The lowest BCUT2D eigenvalue weighted by Gasteiger charge is -2.44. The summed E-state index contributed by atoms with van der Waals surface area (Å²) in [5, 5.41) is 0. The fourth-order valence-electron chi connectivity index (χ4n) is 3.76. The second-order valence-corrected chi connectivity index (χ2v) is 6.39. The van der Waals surface area contributed by atoms with Crippen molar-refractivity contribution in [2.45, 2.75) is 66.7 Å². The first-order valence-corrected chi connectivity index (χ1v) is 7.07. The van der Waals surface area contributed by atoms with Crippen molar-refractivity contribution in [1.29, 1.82) is 0 Å². The largest absolute Gasteiger partial charge is 0.300 e. The Morgan fingerprint density at radius 2 is 2.18 bits per heavy atom. The molecule has 1 fully saturated rings. The molecule has 0 heterocycles. The van der Waals surface area contributed by atoms with Crippen molar-refractivity contribution in [2.24, 2.45) is 17.3 Å². The van der Waals surface area contributed by atoms with E-state index in [1.165, 1.54) is 19.3 Å². The van der Waals surface area contributed by atoms with Gasteiger partial charge in [-0.3, -0.25) is 0 Å². The summed E-state index contributed by atoms with van der Waals surface area (Å²) >= 11 is 0. The number of allylic oxidation sites excluding steroid dienone is 2. The van der Waals surface area contributed by atoms with Crippen LogP contribution in [-0.4, -0.2) is 5.78 Å². The van der Waals surface area contributed by atoms with Gasteiger partial charge in [0.15, 0.2) is 0 Å². The highest BCUT2D eigenvalue weighted by Gasteiger charge is 2.38. The van der Waals surface area contributed by atoms with Crippen LogP contribution < -0.4 is 0 Å². The van der Waals surface area contributed by atoms with E-state index in [4.69, 9.17) is 0 Å². The van der Waals surface area contributed by atoms with Crippen molar-refractivity contribution >= 4 is 5.78 Å². The highest BCUT2D eigenvalue weighted by Crippen LogP contribution is 2.48. The van der Waals surface area contributed by atoms with E-state index in [-0.39, 0.29) is 0 Å². The van der Waals surface area contributed by atoms with Crippen molar-refractivity contribution < 1.29 is 4.79 Å². The molecule has 1 nitrogen and oxygen atoms in total. The smallest absolute Gasteiger partial charge is 0.130 e. The first-order valence-electron chi connectivity index (χ1n) is 7.07. The minimum Gasteiger partial charge on any atom is -0.300 e. The third kappa shape index (κ3) is 3.69. The van der Waals surface area contributed by atoms with Crippen molar-refractivity contribution in [3.05, 3.63) is 11.6 Å². The molecule has 0 N–H and O–H groups in total. The highest BCUT2D eigenvalue weighted by molar-refractivity contribution is 5.75. The van der Waals surface area contributed by atoms with E-state index in [2.05, 4.69) is 33.8 Å². The Kier molecular flexibility index (Phi) is 4.97. The van der Waals surface area contributed by atoms with Gasteiger partial charge in [0.1, 0.15) is 5.78 Å². The van der Waals surface area contributed by atoms with Gasteiger partial charge in [-0.25, -0.2) is 0 Å². The predicted octanol–water partition coefficient (Wildman–Crippen LogP) is 4.76. The van der Waals surface area contributed by atoms with Crippen LogP contribution in [0.4, 0.5) is 0 Å². The summed E-state index contributed by atoms with van der Waals surface area (Å²) in [5.74, 6) is 1.41. The van der Waals surface area contributed by atoms with Crippen LogP contribution in [0.5, 0.6) is 0 Å². The molecule has 2 atom stereocenters. The summed E-state index contributed by atoms with van der Waals surface area (Å²) in [6.07, 6.45) is 8.10. The van der Waals surface area contributed by atoms with E-state index in [9.17, 15) is 4.79 Å². The molecule has 17 heavy (non-hydrogen) atoms. The van der Waals surface area contributed by atoms with Crippen LogP contribution in [0.15, 0.2) is 11.6 Å². The summed E-state index contributed by atoms with van der Waals surface area (Å²) in [6.45, 7) is 10.9. The third-order valence-corrected chi connectivity index (χ3v) is 4.17. The lowest BCUT2D eigenvalue weighted by molar-refractivity contribution is -0.118. The van der Waals surface area contributed by atoms with Gasteiger partial charge in [-0.15, -0.1) is 0 Å². The van der Waals surface area contributed by atoms with Crippen LogP contribution in [0.25, 0.3) is 0 Å². The second kappa shape index (κ2) is 5.84. The monoisotopic (exact) mass is 236 g/mol. The number of hydrogen-bond donors (Lipinski definition) is 0. The van der Waals surface area contributed by atoms with Crippen LogP contribution in [0.2, 0.25) is 0 Å². The normalized spacial score (nSPS) is 28.1. The average molecular weight is 236 g/mol. The molecule has 1 rings (SSSR count). The molecule has 0 radical (unpaired) electrons. The van der Waals surface area contributed by atoms with Crippen molar-refractivity contribution in [1.82, 2.24) is 0 Å². The molecule has 0 aromatic rings. The number of carbonyl (C=O) groups is 1. The van der Waals surface area contributed by atoms with Crippen molar-refractivity contribution in [3.8, 4) is 0 Å². The fraction of sp³-hybridized carbons (Fsp3) is 0.812. The highest BCUT2D eigenvalue weighted by atomic mass is 16.1. The summed E-state index contributed by atoms with van der Waals surface area (Å²) in [6, 6.07) is 0. The van der Waals surface area contributed by atoms with Gasteiger partial charge in [0.05, 0.1) is 0 Å². The molecule has 1 aliphatic rings. The van der Waals surface area contributed by atoms with Crippen LogP contribution >= 0.6 is 0 Å². The molecule has 0 aromatic carbocycles. The van der Waals surface area contributed by atoms with Gasteiger partial charge < -0.3 is 4.79 Å². The van der Waals surface area contributed by atoms with Gasteiger partial charge in [-0.2, -0.15) is 0 Å². The number of Topliss-reactive ketones (excluding diaryl/α,β-unsaturated/α-hetero) is 1. The number of ketones is 1. The zero-order valence-corrected chi connectivity index (χ0v) is 12.2. The molecule has 1 aliphatic carbocycles. The number of rotatable bonds is 4. The van der Waals surface area contributed by atoms with Gasteiger partial charge in [0.25, 0.3) is 0 Å². The van der Waals surface area contributed by atoms with Crippen molar-refractivity contribution in [3.63, 3.8) is 0 Å². The minimum atomic E-state index is 0.328. The van der Waals surface area contributed by atoms with Gasteiger partial charge in [-0.1, -0.05) is 39.3 Å². The van der Waals surface area contributed by atoms with Gasteiger partial charge in [-0.05, 0) is 49.9 Å². The van der Waals surface area contributed by atoms with E-state index >= 15 is 0 Å². The van der Waals surface area contributed by atoms with E-state index in [1.54, 1.807) is 12.5 Å². The molecule has 98 valence electrons. The summed E-state index contributed by atoms with van der Waals surface area (Å²) in [5.41, 5.74) is 1.96. The number of hydrogen-bond acceptors (Lipinski definition) is 1. The Hall–Kier alpha value is -0.590. The second-order valence-electron chi connectivity index (χ2n) is 6.39. The first kappa shape index (κ1) is 14.5. The molecule has 0 saturated heterocycles. The maximum atomic E-state index is 11.4. The third-order valence-electron chi connectivity index (χ3n) is 4.17. The Balaban J connectivity index is 2.92. The molecule has 0 aromatic heterocycles. The lowest BCUT2D eigenvalue weighted by atomic mass is 9.61. The Bertz CT molecular complexity index is 299. The fourth-order valence-corrected chi connectivity index (χ4v) is 3.76. The molecular formula is C16H28O. The van der Waals surface area contributed by atoms with Gasteiger partial charge in [0.2, 0.25) is 0 Å². The molecule has 0 aliphatic heterocycles. The molecular weight excluding hydrogens is 208 g/mol. The number of carbonyl (C=O) groups excluding carboxylic acids is 1. The zero-order valence-electron chi connectivity index (χ0n) is 12.2. The molecule has 0 amide bonds. The molecule has 0 bridgehead atoms. The van der Waals surface area contributed by atoms with Gasteiger partial charge >= 0.3 is 0 Å². The molecule has 0 spiro atoms. The first-order chi connectivity index (χ1) is 7.88. The lowest BCUT2D eigenvalue weighted by Crippen LogP contribution is -2.35. The van der Waals surface area contributed by atoms with Crippen LogP contribution in [0, 0.1) is 17.3 Å². The van der Waals surface area contributed by atoms with Crippen molar-refractivity contribution in [2.75, 3.05) is 0 Å². The summed E-state index contributed by atoms with van der Waals surface area (Å²) in [4.78, 5) is 11.4. The molecule has 1 heteroatoms. The zero-order chi connectivity index (χ0) is 13.1. The van der Waals surface area contributed by atoms with Crippen LogP contribution in [0.1, 0.15) is 66.7 Å². The van der Waals surface area contributed by atoms with E-state index in [1.807, 2.05) is 0 Å². The Morgan fingerprint density at radius 3 is 2.71 bits per heavy atom.